The fraction of sp³-hybridized carbons (Fsp3) is 0.172. The highest BCUT2D eigenvalue weighted by molar-refractivity contribution is 6.08. The van der Waals surface area contributed by atoms with Gasteiger partial charge in [0.2, 0.25) is 0 Å². The normalized spacial score (nSPS) is 11.2. The Morgan fingerprint density at radius 3 is 2.18 bits per heavy atom. The topological polar surface area (TPSA) is 80.4 Å². The van der Waals surface area contributed by atoms with Crippen LogP contribution in [0, 0.1) is 0 Å². The Kier molecular flexibility index (Phi) is 8.15. The van der Waals surface area contributed by atoms with Crippen molar-refractivity contribution in [2.24, 2.45) is 0 Å². The number of carbonyl (C=O) groups is 1. The first kappa shape index (κ1) is 26.5. The third-order valence-corrected chi connectivity index (χ3v) is 5.73. The van der Waals surface area contributed by atoms with Crippen LogP contribution < -0.4 is 20.3 Å². The summed E-state index contributed by atoms with van der Waals surface area (Å²) in [6, 6.07) is 24.2. The van der Waals surface area contributed by atoms with Gasteiger partial charge in [0.1, 0.15) is 17.1 Å². The molecule has 0 bridgehead atoms. The molecular weight excluding hydrogens is 497 g/mol. The van der Waals surface area contributed by atoms with E-state index in [-0.39, 0.29) is 18.6 Å². The summed E-state index contributed by atoms with van der Waals surface area (Å²) in [6.45, 7) is -0.0636. The van der Waals surface area contributed by atoms with Gasteiger partial charge >= 0.3 is 6.18 Å². The van der Waals surface area contributed by atoms with E-state index in [0.717, 1.165) is 0 Å². The highest BCUT2D eigenvalue weighted by atomic mass is 19.4. The summed E-state index contributed by atoms with van der Waals surface area (Å²) < 4.78 is 47.5. The van der Waals surface area contributed by atoms with Crippen LogP contribution >= 0.6 is 0 Å². The van der Waals surface area contributed by atoms with E-state index < -0.39 is 24.1 Å². The van der Waals surface area contributed by atoms with Crippen LogP contribution in [0.25, 0.3) is 22.4 Å². The smallest absolute Gasteiger partial charge is 0.389 e. The number of rotatable bonds is 9. The van der Waals surface area contributed by atoms with Crippen molar-refractivity contribution >= 4 is 11.6 Å². The van der Waals surface area contributed by atoms with Crippen molar-refractivity contribution < 1.29 is 27.4 Å². The van der Waals surface area contributed by atoms with Crippen molar-refractivity contribution in [2.75, 3.05) is 19.0 Å². The highest BCUT2D eigenvalue weighted by Gasteiger charge is 2.26. The Labute approximate surface area is 217 Å². The first-order chi connectivity index (χ1) is 18.2. The number of aromatic amines is 1. The number of amides is 1. The zero-order chi connectivity index (χ0) is 27.1. The van der Waals surface area contributed by atoms with Gasteiger partial charge in [-0.3, -0.25) is 9.59 Å². The molecule has 0 radical (unpaired) electrons. The second kappa shape index (κ2) is 11.7. The van der Waals surface area contributed by atoms with E-state index in [1.807, 2.05) is 18.2 Å². The molecule has 38 heavy (non-hydrogen) atoms. The number of anilines is 1. The standard InChI is InChI=1S/C29H25F3N2O4/c1-37-22-14-10-21(11-15-22)33-27(35)26-24(19-6-3-2-4-7-19)18-25(34-28(26)36)20-8-12-23(13-9-20)38-17-5-16-29(30,31)32/h2-4,6-15,18H,5,16-17H2,1H3,(H,33,35)(H,34,36). The molecule has 6 nitrogen and oxygen atoms in total. The molecule has 0 saturated carbocycles. The monoisotopic (exact) mass is 522 g/mol. The number of methoxy groups -OCH3 is 1. The molecule has 4 rings (SSSR count). The molecule has 1 heterocycles. The van der Waals surface area contributed by atoms with Crippen LogP contribution in [0.15, 0.2) is 89.7 Å². The van der Waals surface area contributed by atoms with E-state index in [9.17, 15) is 22.8 Å². The average Bonchev–Trinajstić information content (AvgIpc) is 2.91. The van der Waals surface area contributed by atoms with Gasteiger partial charge < -0.3 is 19.8 Å². The maximum Gasteiger partial charge on any atom is 0.389 e. The zero-order valence-corrected chi connectivity index (χ0v) is 20.5. The number of benzene rings is 3. The van der Waals surface area contributed by atoms with Gasteiger partial charge in [-0.25, -0.2) is 0 Å². The minimum atomic E-state index is -4.22. The number of carbonyl (C=O) groups excluding carboxylic acids is 1. The third-order valence-electron chi connectivity index (χ3n) is 5.73. The highest BCUT2D eigenvalue weighted by Crippen LogP contribution is 2.28. The van der Waals surface area contributed by atoms with E-state index >= 15 is 0 Å². The molecule has 0 aliphatic rings. The molecule has 0 unspecified atom stereocenters. The number of aromatic nitrogens is 1. The van der Waals surface area contributed by atoms with E-state index in [4.69, 9.17) is 9.47 Å². The van der Waals surface area contributed by atoms with Gasteiger partial charge in [-0.05, 0) is 72.1 Å². The van der Waals surface area contributed by atoms with Gasteiger partial charge in [-0.15, -0.1) is 0 Å². The predicted molar refractivity (Wildman–Crippen MR) is 140 cm³/mol. The number of H-pyrrole nitrogens is 1. The number of halogens is 3. The molecule has 9 heteroatoms. The number of pyridine rings is 1. The predicted octanol–water partition coefficient (Wildman–Crippen LogP) is 6.69. The third kappa shape index (κ3) is 6.82. The van der Waals surface area contributed by atoms with E-state index in [1.54, 1.807) is 73.8 Å². The molecule has 1 aromatic heterocycles. The Bertz CT molecular complexity index is 1430. The Morgan fingerprint density at radius 2 is 1.55 bits per heavy atom. The van der Waals surface area contributed by atoms with Crippen molar-refractivity contribution in [1.82, 2.24) is 4.98 Å². The minimum Gasteiger partial charge on any atom is -0.497 e. The molecule has 0 fully saturated rings. The fourth-order valence-electron chi connectivity index (χ4n) is 3.85. The lowest BCUT2D eigenvalue weighted by atomic mass is 9.98. The second-order valence-corrected chi connectivity index (χ2v) is 8.44. The minimum absolute atomic E-state index is 0.0413. The number of hydrogen-bond donors (Lipinski definition) is 2. The number of hydrogen-bond acceptors (Lipinski definition) is 4. The van der Waals surface area contributed by atoms with E-state index in [0.29, 0.717) is 39.6 Å². The summed E-state index contributed by atoms with van der Waals surface area (Å²) in [5, 5.41) is 2.76. The van der Waals surface area contributed by atoms with Gasteiger partial charge in [-0.2, -0.15) is 13.2 Å². The molecule has 0 aliphatic heterocycles. The molecule has 0 saturated heterocycles. The van der Waals surface area contributed by atoms with Crippen molar-refractivity contribution in [2.45, 2.75) is 19.0 Å². The quantitative estimate of drug-likeness (QED) is 0.240. The van der Waals surface area contributed by atoms with Gasteiger partial charge in [0.05, 0.1) is 13.7 Å². The Balaban J connectivity index is 1.61. The molecule has 2 N–H and O–H groups in total. The Hall–Kier alpha value is -4.53. The van der Waals surface area contributed by atoms with Gasteiger partial charge in [0, 0.05) is 23.4 Å². The fourth-order valence-corrected chi connectivity index (χ4v) is 3.85. The summed E-state index contributed by atoms with van der Waals surface area (Å²) in [4.78, 5) is 29.2. The number of alkyl halides is 3. The van der Waals surface area contributed by atoms with Crippen LogP contribution in [-0.4, -0.2) is 30.8 Å². The molecule has 196 valence electrons. The summed E-state index contributed by atoms with van der Waals surface area (Å²) in [5.41, 5.74) is 2.14. The van der Waals surface area contributed by atoms with Crippen molar-refractivity contribution in [3.63, 3.8) is 0 Å². The van der Waals surface area contributed by atoms with Crippen LogP contribution in [0.2, 0.25) is 0 Å². The maximum atomic E-state index is 13.2. The lowest BCUT2D eigenvalue weighted by molar-refractivity contribution is -0.136. The molecule has 3 aromatic carbocycles. The van der Waals surface area contributed by atoms with E-state index in [1.165, 1.54) is 0 Å². The maximum absolute atomic E-state index is 13.2. The summed E-state index contributed by atoms with van der Waals surface area (Å²) in [7, 11) is 1.54. The molecule has 1 amide bonds. The summed E-state index contributed by atoms with van der Waals surface area (Å²) in [5.74, 6) is 0.481. The lowest BCUT2D eigenvalue weighted by Gasteiger charge is -2.13. The van der Waals surface area contributed by atoms with Gasteiger partial charge in [0.15, 0.2) is 0 Å². The second-order valence-electron chi connectivity index (χ2n) is 8.44. The van der Waals surface area contributed by atoms with Crippen LogP contribution in [0.1, 0.15) is 23.2 Å². The van der Waals surface area contributed by atoms with Crippen LogP contribution in [-0.2, 0) is 0 Å². The first-order valence-electron chi connectivity index (χ1n) is 11.8. The van der Waals surface area contributed by atoms with Crippen LogP contribution in [0.5, 0.6) is 11.5 Å². The van der Waals surface area contributed by atoms with Crippen molar-refractivity contribution in [3.8, 4) is 33.9 Å². The summed E-state index contributed by atoms with van der Waals surface area (Å²) in [6.07, 6.45) is -5.26. The molecule has 0 atom stereocenters. The lowest BCUT2D eigenvalue weighted by Crippen LogP contribution is -2.25. The molecular formula is C29H25F3N2O4. The number of ether oxygens (including phenoxy) is 2. The molecule has 4 aromatic rings. The molecule has 0 aliphatic carbocycles. The average molecular weight is 523 g/mol. The van der Waals surface area contributed by atoms with Crippen molar-refractivity contribution in [3.05, 3.63) is 101 Å². The zero-order valence-electron chi connectivity index (χ0n) is 20.5. The van der Waals surface area contributed by atoms with Gasteiger partial charge in [-0.1, -0.05) is 30.3 Å². The molecule has 0 spiro atoms. The van der Waals surface area contributed by atoms with Gasteiger partial charge in [0.25, 0.3) is 11.5 Å². The SMILES string of the molecule is COc1ccc(NC(=O)c2c(-c3ccccc3)cc(-c3ccc(OCCCC(F)(F)F)cc3)[nH]c2=O)cc1. The van der Waals surface area contributed by atoms with Crippen LogP contribution in [0.3, 0.4) is 0 Å². The Morgan fingerprint density at radius 1 is 0.895 bits per heavy atom. The largest absolute Gasteiger partial charge is 0.497 e. The summed E-state index contributed by atoms with van der Waals surface area (Å²) >= 11 is 0. The number of nitrogens with one attached hydrogen (secondary N) is 2. The van der Waals surface area contributed by atoms with Crippen LogP contribution in [0.4, 0.5) is 18.9 Å². The first-order valence-corrected chi connectivity index (χ1v) is 11.8. The van der Waals surface area contributed by atoms with Crippen molar-refractivity contribution in [1.29, 1.82) is 0 Å². The van der Waals surface area contributed by atoms with E-state index in [2.05, 4.69) is 10.3 Å².